The minimum Gasteiger partial charge on any atom is -0.393 e. The third kappa shape index (κ3) is 3.69. The van der Waals surface area contributed by atoms with Crippen molar-refractivity contribution >= 4 is 0 Å². The summed E-state index contributed by atoms with van der Waals surface area (Å²) in [7, 11) is 4.39. The summed E-state index contributed by atoms with van der Waals surface area (Å²) < 4.78 is 0. The first-order chi connectivity index (χ1) is 8.56. The summed E-state index contributed by atoms with van der Waals surface area (Å²) in [6.45, 7) is 5.73. The number of nitrogens with zero attached hydrogens (tertiary/aromatic N) is 2. The van der Waals surface area contributed by atoms with Gasteiger partial charge in [0.1, 0.15) is 0 Å². The van der Waals surface area contributed by atoms with Gasteiger partial charge in [0.05, 0.1) is 6.10 Å². The summed E-state index contributed by atoms with van der Waals surface area (Å²) in [6, 6.07) is 0.538. The molecule has 0 aromatic heterocycles. The lowest BCUT2D eigenvalue weighted by Gasteiger charge is -2.40. The maximum atomic E-state index is 10.5. The van der Waals surface area contributed by atoms with Crippen molar-refractivity contribution in [3.05, 3.63) is 0 Å². The molecule has 0 spiro atoms. The lowest BCUT2D eigenvalue weighted by Crippen LogP contribution is -2.51. The number of rotatable bonds is 3. The number of aliphatic hydroxyl groups excluding tert-OH is 1. The van der Waals surface area contributed by atoms with E-state index in [1.54, 1.807) is 0 Å². The number of piperazine rings is 1. The number of hydrogen-bond acceptors (Lipinski definition) is 3. The van der Waals surface area contributed by atoms with Gasteiger partial charge in [0.2, 0.25) is 0 Å². The molecule has 1 saturated carbocycles. The van der Waals surface area contributed by atoms with Gasteiger partial charge in [0.15, 0.2) is 0 Å². The topological polar surface area (TPSA) is 26.7 Å². The third-order valence-electron chi connectivity index (χ3n) is 5.01. The van der Waals surface area contributed by atoms with Crippen molar-refractivity contribution in [2.45, 2.75) is 51.2 Å². The van der Waals surface area contributed by atoms with Crippen molar-refractivity contribution in [3.8, 4) is 0 Å². The zero-order valence-electron chi connectivity index (χ0n) is 12.3. The molecule has 1 saturated heterocycles. The molecular weight excluding hydrogens is 224 g/mol. The predicted molar refractivity (Wildman–Crippen MR) is 75.7 cm³/mol. The van der Waals surface area contributed by atoms with Crippen LogP contribution in [0.3, 0.4) is 0 Å². The molecule has 0 amide bonds. The van der Waals surface area contributed by atoms with Gasteiger partial charge in [0.25, 0.3) is 0 Å². The van der Waals surface area contributed by atoms with Crippen LogP contribution < -0.4 is 0 Å². The Morgan fingerprint density at radius 1 is 1.22 bits per heavy atom. The Hall–Kier alpha value is -0.120. The highest BCUT2D eigenvalue weighted by Crippen LogP contribution is 2.32. The van der Waals surface area contributed by atoms with E-state index in [1.165, 1.54) is 25.7 Å². The average Bonchev–Trinajstić information content (AvgIpc) is 2.34. The minimum absolute atomic E-state index is 0.0910. The van der Waals surface area contributed by atoms with Gasteiger partial charge in [-0.25, -0.2) is 0 Å². The molecule has 1 heterocycles. The standard InChI is InChI=1S/C15H30N2O/c1-12-5-4-6-13(9-12)15(18)10-14-11-16(2)7-8-17(14)3/h12-15,18H,4-11H2,1-3H3. The van der Waals surface area contributed by atoms with Crippen molar-refractivity contribution in [3.63, 3.8) is 0 Å². The van der Waals surface area contributed by atoms with E-state index >= 15 is 0 Å². The highest BCUT2D eigenvalue weighted by Gasteiger charge is 2.30. The molecule has 1 aliphatic carbocycles. The van der Waals surface area contributed by atoms with E-state index in [9.17, 15) is 5.11 Å². The SMILES string of the molecule is CC1CCCC(C(O)CC2CN(C)CCN2C)C1. The van der Waals surface area contributed by atoms with Gasteiger partial charge >= 0.3 is 0 Å². The fourth-order valence-corrected chi connectivity index (χ4v) is 3.66. The molecule has 18 heavy (non-hydrogen) atoms. The molecule has 1 aliphatic heterocycles. The Labute approximate surface area is 112 Å². The molecule has 0 aromatic carbocycles. The van der Waals surface area contributed by atoms with E-state index in [2.05, 4.69) is 30.8 Å². The smallest absolute Gasteiger partial charge is 0.0583 e. The molecule has 106 valence electrons. The summed E-state index contributed by atoms with van der Waals surface area (Å²) in [5.74, 6) is 1.36. The normalized spacial score (nSPS) is 37.7. The lowest BCUT2D eigenvalue weighted by molar-refractivity contribution is 0.0205. The molecule has 1 N–H and O–H groups in total. The third-order valence-corrected chi connectivity index (χ3v) is 5.01. The van der Waals surface area contributed by atoms with Gasteiger partial charge in [-0.2, -0.15) is 0 Å². The van der Waals surface area contributed by atoms with E-state index in [0.717, 1.165) is 32.0 Å². The molecule has 0 aromatic rings. The van der Waals surface area contributed by atoms with Crippen LogP contribution in [-0.4, -0.2) is 60.8 Å². The average molecular weight is 254 g/mol. The monoisotopic (exact) mass is 254 g/mol. The van der Waals surface area contributed by atoms with Gasteiger partial charge in [-0.05, 0) is 45.2 Å². The molecule has 3 heteroatoms. The summed E-state index contributed by atoms with van der Waals surface area (Å²) in [4.78, 5) is 4.82. The van der Waals surface area contributed by atoms with Crippen molar-refractivity contribution in [1.82, 2.24) is 9.80 Å². The van der Waals surface area contributed by atoms with Gasteiger partial charge in [-0.1, -0.05) is 19.8 Å². The van der Waals surface area contributed by atoms with Crippen molar-refractivity contribution in [2.24, 2.45) is 11.8 Å². The number of aliphatic hydroxyl groups is 1. The Morgan fingerprint density at radius 3 is 2.72 bits per heavy atom. The molecule has 0 radical (unpaired) electrons. The Kier molecular flexibility index (Phi) is 5.05. The summed E-state index contributed by atoms with van der Waals surface area (Å²) in [5.41, 5.74) is 0. The molecule has 3 nitrogen and oxygen atoms in total. The molecule has 2 fully saturated rings. The van der Waals surface area contributed by atoms with Crippen LogP contribution >= 0.6 is 0 Å². The van der Waals surface area contributed by atoms with Crippen molar-refractivity contribution < 1.29 is 5.11 Å². The quantitative estimate of drug-likeness (QED) is 0.832. The molecule has 4 unspecified atom stereocenters. The zero-order valence-corrected chi connectivity index (χ0v) is 12.3. The Balaban J connectivity index is 1.83. The van der Waals surface area contributed by atoms with E-state index < -0.39 is 0 Å². The van der Waals surface area contributed by atoms with Gasteiger partial charge in [0, 0.05) is 25.7 Å². The van der Waals surface area contributed by atoms with Crippen LogP contribution in [0.4, 0.5) is 0 Å². The minimum atomic E-state index is -0.0910. The second kappa shape index (κ2) is 6.36. The van der Waals surface area contributed by atoms with Crippen LogP contribution in [0.5, 0.6) is 0 Å². The van der Waals surface area contributed by atoms with Gasteiger partial charge in [-0.3, -0.25) is 0 Å². The van der Waals surface area contributed by atoms with Crippen molar-refractivity contribution in [2.75, 3.05) is 33.7 Å². The van der Waals surface area contributed by atoms with Crippen LogP contribution in [0, 0.1) is 11.8 Å². The second-order valence-corrected chi connectivity index (χ2v) is 6.73. The van der Waals surface area contributed by atoms with Crippen LogP contribution in [0.1, 0.15) is 39.0 Å². The molecular formula is C15H30N2O. The van der Waals surface area contributed by atoms with Crippen molar-refractivity contribution in [1.29, 1.82) is 0 Å². The van der Waals surface area contributed by atoms with Gasteiger partial charge in [-0.15, -0.1) is 0 Å². The number of hydrogen-bond donors (Lipinski definition) is 1. The molecule has 0 bridgehead atoms. The largest absolute Gasteiger partial charge is 0.393 e. The van der Waals surface area contributed by atoms with Crippen LogP contribution in [0.25, 0.3) is 0 Å². The van der Waals surface area contributed by atoms with Gasteiger partial charge < -0.3 is 14.9 Å². The van der Waals surface area contributed by atoms with E-state index in [4.69, 9.17) is 0 Å². The van der Waals surface area contributed by atoms with Crippen LogP contribution in [-0.2, 0) is 0 Å². The zero-order chi connectivity index (χ0) is 13.1. The molecule has 2 rings (SSSR count). The Morgan fingerprint density at radius 2 is 2.00 bits per heavy atom. The highest BCUT2D eigenvalue weighted by molar-refractivity contribution is 4.84. The highest BCUT2D eigenvalue weighted by atomic mass is 16.3. The predicted octanol–water partition coefficient (Wildman–Crippen LogP) is 1.81. The van der Waals surface area contributed by atoms with Crippen LogP contribution in [0.2, 0.25) is 0 Å². The fourth-order valence-electron chi connectivity index (χ4n) is 3.66. The van der Waals surface area contributed by atoms with E-state index in [1.807, 2.05) is 0 Å². The summed E-state index contributed by atoms with van der Waals surface area (Å²) in [5, 5.41) is 10.5. The van der Waals surface area contributed by atoms with E-state index in [0.29, 0.717) is 12.0 Å². The summed E-state index contributed by atoms with van der Waals surface area (Å²) >= 11 is 0. The first-order valence-corrected chi connectivity index (χ1v) is 7.63. The second-order valence-electron chi connectivity index (χ2n) is 6.73. The first kappa shape index (κ1) is 14.3. The lowest BCUT2D eigenvalue weighted by atomic mass is 9.78. The molecule has 2 aliphatic rings. The summed E-state index contributed by atoms with van der Waals surface area (Å²) in [6.07, 6.45) is 5.99. The Bertz CT molecular complexity index is 259. The number of likely N-dealkylation sites (N-methyl/N-ethyl adjacent to an activating group) is 2. The molecule has 4 atom stereocenters. The maximum absolute atomic E-state index is 10.5. The van der Waals surface area contributed by atoms with E-state index in [-0.39, 0.29) is 6.10 Å². The first-order valence-electron chi connectivity index (χ1n) is 7.63. The fraction of sp³-hybridized carbons (Fsp3) is 1.00. The van der Waals surface area contributed by atoms with Crippen LogP contribution in [0.15, 0.2) is 0 Å². The maximum Gasteiger partial charge on any atom is 0.0583 e.